The second kappa shape index (κ2) is 7.98. The van der Waals surface area contributed by atoms with Crippen molar-refractivity contribution in [3.63, 3.8) is 0 Å². The molecule has 6 nitrogen and oxygen atoms in total. The Morgan fingerprint density at radius 2 is 1.48 bits per heavy atom. The number of nitrogens with one attached hydrogen (secondary N) is 2. The van der Waals surface area contributed by atoms with Gasteiger partial charge in [0.1, 0.15) is 6.04 Å². The molecule has 5 aromatic rings. The Morgan fingerprint density at radius 1 is 0.966 bits per heavy atom. The first kappa shape index (κ1) is 18.4. The van der Waals surface area contributed by atoms with Gasteiger partial charge in [0.15, 0.2) is 0 Å². The quantitative estimate of drug-likeness (QED) is 0.317. The molecule has 29 heavy (non-hydrogen) atoms. The first-order chi connectivity index (χ1) is 14.2. The number of nitrogens with zero attached hydrogens (tertiary/aromatic N) is 1. The molecule has 5 rings (SSSR count). The summed E-state index contributed by atoms with van der Waals surface area (Å²) in [7, 11) is 0. The van der Waals surface area contributed by atoms with E-state index in [9.17, 15) is 9.59 Å². The van der Waals surface area contributed by atoms with Crippen LogP contribution < -0.4 is 5.32 Å². The first-order valence-corrected chi connectivity index (χ1v) is 9.19. The van der Waals surface area contributed by atoms with Crippen LogP contribution >= 0.6 is 0 Å². The fourth-order valence-corrected chi connectivity index (χ4v) is 3.59. The van der Waals surface area contributed by atoms with Gasteiger partial charge in [-0.15, -0.1) is 0 Å². The van der Waals surface area contributed by atoms with Gasteiger partial charge in [-0.1, -0.05) is 60.7 Å². The van der Waals surface area contributed by atoms with E-state index < -0.39 is 12.0 Å². The van der Waals surface area contributed by atoms with Crippen LogP contribution in [0.2, 0.25) is 0 Å². The van der Waals surface area contributed by atoms with Crippen LogP contribution in [0.25, 0.3) is 32.3 Å². The molecule has 0 aliphatic heterocycles. The summed E-state index contributed by atoms with van der Waals surface area (Å²) in [6.07, 6.45) is 3.54. The number of aromatic amines is 1. The molecule has 0 saturated heterocycles. The highest BCUT2D eigenvalue weighted by Crippen LogP contribution is 2.33. The van der Waals surface area contributed by atoms with Crippen molar-refractivity contribution in [1.82, 2.24) is 15.3 Å². The van der Waals surface area contributed by atoms with Gasteiger partial charge < -0.3 is 15.4 Å². The van der Waals surface area contributed by atoms with Crippen molar-refractivity contribution in [1.29, 1.82) is 0 Å². The van der Waals surface area contributed by atoms with E-state index in [-0.39, 0.29) is 6.42 Å². The van der Waals surface area contributed by atoms with Crippen LogP contribution in [0.3, 0.4) is 0 Å². The van der Waals surface area contributed by atoms with Crippen molar-refractivity contribution in [3.8, 4) is 0 Å². The molecular weight excluding hydrogens is 366 g/mol. The van der Waals surface area contributed by atoms with E-state index in [1.165, 1.54) is 44.8 Å². The van der Waals surface area contributed by atoms with E-state index in [0.717, 1.165) is 0 Å². The van der Waals surface area contributed by atoms with Crippen molar-refractivity contribution >= 4 is 44.7 Å². The Kier molecular flexibility index (Phi) is 5.07. The summed E-state index contributed by atoms with van der Waals surface area (Å²) in [6.45, 7) is 0. The largest absolute Gasteiger partial charge is 0.480 e. The highest BCUT2D eigenvalue weighted by molar-refractivity contribution is 6.22. The van der Waals surface area contributed by atoms with Gasteiger partial charge in [0.25, 0.3) is 0 Å². The molecule has 1 amide bonds. The molecule has 0 fully saturated rings. The predicted molar refractivity (Wildman–Crippen MR) is 113 cm³/mol. The fourth-order valence-electron chi connectivity index (χ4n) is 3.59. The molecule has 0 radical (unpaired) electrons. The Balaban J connectivity index is 0.000000146. The van der Waals surface area contributed by atoms with Crippen molar-refractivity contribution in [2.24, 2.45) is 0 Å². The second-order valence-corrected chi connectivity index (χ2v) is 6.75. The first-order valence-electron chi connectivity index (χ1n) is 9.19. The number of amides is 1. The highest BCUT2D eigenvalue weighted by Gasteiger charge is 2.16. The number of aromatic nitrogens is 2. The summed E-state index contributed by atoms with van der Waals surface area (Å²) in [5, 5.41) is 19.0. The maximum atomic E-state index is 10.6. The highest BCUT2D eigenvalue weighted by atomic mass is 16.4. The molecule has 6 heteroatoms. The summed E-state index contributed by atoms with van der Waals surface area (Å²) in [6, 6.07) is 21.0. The van der Waals surface area contributed by atoms with E-state index in [1.807, 2.05) is 0 Å². The van der Waals surface area contributed by atoms with E-state index in [4.69, 9.17) is 5.11 Å². The molecule has 1 atom stereocenters. The summed E-state index contributed by atoms with van der Waals surface area (Å²) in [4.78, 5) is 27.1. The van der Waals surface area contributed by atoms with Crippen LogP contribution in [-0.4, -0.2) is 33.5 Å². The van der Waals surface area contributed by atoms with Gasteiger partial charge >= 0.3 is 5.97 Å². The standard InChI is InChI=1S/C16H10.C7H9N3O3/c1-3-11-7-9-13-5-2-6-14-10-8-12(4-1)15(11)16(13)14;11-4-10-6(7(12)13)1-5-2-8-3-9-5/h1-10H;2-4,6H,1H2,(H,8,9)(H,10,11)(H,12,13). The molecule has 1 heterocycles. The molecular formula is C23H19N3O3. The average molecular weight is 385 g/mol. The lowest BCUT2D eigenvalue weighted by Gasteiger charge is -2.09. The molecule has 0 bridgehead atoms. The monoisotopic (exact) mass is 385 g/mol. The van der Waals surface area contributed by atoms with Gasteiger partial charge in [-0.05, 0) is 32.3 Å². The van der Waals surface area contributed by atoms with Crippen LogP contribution in [0.15, 0.2) is 73.2 Å². The Labute approximate surface area is 166 Å². The van der Waals surface area contributed by atoms with E-state index in [1.54, 1.807) is 0 Å². The molecule has 3 N–H and O–H groups in total. The molecule has 144 valence electrons. The number of carbonyl (C=O) groups excluding carboxylic acids is 1. The van der Waals surface area contributed by atoms with Crippen molar-refractivity contribution < 1.29 is 14.7 Å². The summed E-state index contributed by atoms with van der Waals surface area (Å²) in [5.74, 6) is -1.07. The third-order valence-corrected chi connectivity index (χ3v) is 4.94. The van der Waals surface area contributed by atoms with Gasteiger partial charge in [-0.25, -0.2) is 9.78 Å². The zero-order valence-corrected chi connectivity index (χ0v) is 15.5. The predicted octanol–water partition coefficient (Wildman–Crippen LogP) is 3.74. The van der Waals surface area contributed by atoms with Crippen LogP contribution in [0.5, 0.6) is 0 Å². The number of imidazole rings is 1. The zero-order valence-electron chi connectivity index (χ0n) is 15.5. The number of carbonyl (C=O) groups is 2. The minimum atomic E-state index is -1.07. The number of hydrogen-bond donors (Lipinski definition) is 3. The molecule has 1 aromatic heterocycles. The summed E-state index contributed by atoms with van der Waals surface area (Å²) in [5.41, 5.74) is 0.668. The van der Waals surface area contributed by atoms with Crippen molar-refractivity contribution in [2.45, 2.75) is 12.5 Å². The Morgan fingerprint density at radius 3 is 1.86 bits per heavy atom. The van der Waals surface area contributed by atoms with Crippen LogP contribution in [0.4, 0.5) is 0 Å². The number of carboxylic acids is 1. The van der Waals surface area contributed by atoms with E-state index in [2.05, 4.69) is 75.9 Å². The Hall–Kier alpha value is -3.93. The topological polar surface area (TPSA) is 95.1 Å². The lowest BCUT2D eigenvalue weighted by molar-refractivity contribution is -0.140. The lowest BCUT2D eigenvalue weighted by atomic mass is 9.95. The van der Waals surface area contributed by atoms with Gasteiger partial charge in [-0.3, -0.25) is 4.79 Å². The molecule has 0 spiro atoms. The SMILES string of the molecule is O=CNC(Cc1cnc[nH]1)C(=O)O.c1cc2ccc3cccc4ccc(c1)c2c34. The minimum absolute atomic E-state index is 0.202. The maximum Gasteiger partial charge on any atom is 0.326 e. The van der Waals surface area contributed by atoms with Crippen LogP contribution in [0.1, 0.15) is 5.69 Å². The molecule has 1 unspecified atom stereocenters. The number of hydrogen-bond acceptors (Lipinski definition) is 3. The van der Waals surface area contributed by atoms with Crippen LogP contribution in [-0.2, 0) is 16.0 Å². The maximum absolute atomic E-state index is 10.6. The third kappa shape index (κ3) is 3.73. The van der Waals surface area contributed by atoms with Gasteiger partial charge in [0, 0.05) is 18.3 Å². The molecule has 0 aliphatic rings. The molecule has 0 aliphatic carbocycles. The zero-order chi connectivity index (χ0) is 20.2. The second-order valence-electron chi connectivity index (χ2n) is 6.75. The average Bonchev–Trinajstić information content (AvgIpc) is 3.26. The fraction of sp³-hybridized carbons (Fsp3) is 0.0870. The van der Waals surface area contributed by atoms with E-state index >= 15 is 0 Å². The number of aliphatic carboxylic acids is 1. The number of rotatable bonds is 5. The summed E-state index contributed by atoms with van der Waals surface area (Å²) >= 11 is 0. The third-order valence-electron chi connectivity index (χ3n) is 4.94. The minimum Gasteiger partial charge on any atom is -0.480 e. The lowest BCUT2D eigenvalue weighted by Crippen LogP contribution is -2.37. The van der Waals surface area contributed by atoms with Gasteiger partial charge in [-0.2, -0.15) is 0 Å². The normalized spacial score (nSPS) is 11.9. The van der Waals surface area contributed by atoms with Crippen LogP contribution in [0, 0.1) is 0 Å². The number of benzene rings is 4. The smallest absolute Gasteiger partial charge is 0.326 e. The van der Waals surface area contributed by atoms with Crippen molar-refractivity contribution in [3.05, 3.63) is 78.9 Å². The number of carboxylic acid groups (broad SMARTS) is 1. The molecule has 4 aromatic carbocycles. The van der Waals surface area contributed by atoms with Crippen molar-refractivity contribution in [2.75, 3.05) is 0 Å². The number of H-pyrrole nitrogens is 1. The van der Waals surface area contributed by atoms with E-state index in [0.29, 0.717) is 12.1 Å². The summed E-state index contributed by atoms with van der Waals surface area (Å²) < 4.78 is 0. The molecule has 0 saturated carbocycles. The van der Waals surface area contributed by atoms with Gasteiger partial charge in [0.05, 0.1) is 6.33 Å². The van der Waals surface area contributed by atoms with Gasteiger partial charge in [0.2, 0.25) is 6.41 Å². The Bertz CT molecular complexity index is 1140.